The molecule has 7 heteroatoms. The van der Waals surface area contributed by atoms with Gasteiger partial charge in [-0.3, -0.25) is 4.99 Å². The summed E-state index contributed by atoms with van der Waals surface area (Å²) in [5, 5.41) is 7.94. The van der Waals surface area contributed by atoms with Crippen molar-refractivity contribution in [1.82, 2.24) is 20.0 Å². The van der Waals surface area contributed by atoms with E-state index < -0.39 is 0 Å². The average Bonchev–Trinajstić information content (AvgIpc) is 3.16. The first-order valence-corrected chi connectivity index (χ1v) is 9.46. The van der Waals surface area contributed by atoms with Crippen LogP contribution in [0.1, 0.15) is 25.3 Å². The molecule has 1 N–H and O–H groups in total. The first-order valence-electron chi connectivity index (χ1n) is 9.46. The highest BCUT2D eigenvalue weighted by Crippen LogP contribution is 2.13. The molecule has 27 heavy (non-hydrogen) atoms. The van der Waals surface area contributed by atoms with Gasteiger partial charge in [0.25, 0.3) is 0 Å². The first kappa shape index (κ1) is 21.7. The Kier molecular flexibility index (Phi) is 9.06. The van der Waals surface area contributed by atoms with Gasteiger partial charge in [0, 0.05) is 39.5 Å². The van der Waals surface area contributed by atoms with Gasteiger partial charge in [0.05, 0.1) is 18.0 Å². The summed E-state index contributed by atoms with van der Waals surface area (Å²) in [6, 6.07) is 10.2. The molecule has 0 amide bonds. The molecule has 1 saturated heterocycles. The molecule has 2 heterocycles. The molecule has 0 saturated carbocycles. The van der Waals surface area contributed by atoms with Crippen molar-refractivity contribution in [2.75, 3.05) is 33.3 Å². The van der Waals surface area contributed by atoms with Crippen LogP contribution in [0, 0.1) is 0 Å². The van der Waals surface area contributed by atoms with Gasteiger partial charge >= 0.3 is 0 Å². The molecule has 1 aromatic carbocycles. The number of nitrogens with zero attached hydrogens (tertiary/aromatic N) is 4. The number of aliphatic imine (C=N–C) groups is 1. The lowest BCUT2D eigenvalue weighted by molar-refractivity contribution is 0.0264. The van der Waals surface area contributed by atoms with Crippen LogP contribution in [0.3, 0.4) is 0 Å². The van der Waals surface area contributed by atoms with E-state index in [2.05, 4.69) is 45.6 Å². The van der Waals surface area contributed by atoms with Gasteiger partial charge in [0.2, 0.25) is 0 Å². The smallest absolute Gasteiger partial charge is 0.193 e. The summed E-state index contributed by atoms with van der Waals surface area (Å²) in [7, 11) is 1.85. The highest BCUT2D eigenvalue weighted by atomic mass is 127. The summed E-state index contributed by atoms with van der Waals surface area (Å²) in [6.07, 6.45) is 7.48. The Hall–Kier alpha value is -1.61. The van der Waals surface area contributed by atoms with Crippen LogP contribution in [0.25, 0.3) is 5.69 Å². The molecule has 0 radical (unpaired) electrons. The fourth-order valence-electron chi connectivity index (χ4n) is 3.33. The number of hydrogen-bond donors (Lipinski definition) is 1. The number of hydrogen-bond acceptors (Lipinski definition) is 3. The summed E-state index contributed by atoms with van der Waals surface area (Å²) in [5.74, 6) is 0.982. The molecule has 1 aliphatic heterocycles. The second-order valence-corrected chi connectivity index (χ2v) is 6.49. The van der Waals surface area contributed by atoms with Gasteiger partial charge in [-0.1, -0.05) is 18.2 Å². The third-order valence-electron chi connectivity index (χ3n) is 4.71. The third-order valence-corrected chi connectivity index (χ3v) is 4.71. The largest absolute Gasteiger partial charge is 0.378 e. The van der Waals surface area contributed by atoms with Gasteiger partial charge in [-0.2, -0.15) is 5.10 Å². The summed E-state index contributed by atoms with van der Waals surface area (Å²) < 4.78 is 7.65. The average molecular weight is 483 g/mol. The monoisotopic (exact) mass is 483 g/mol. The zero-order valence-electron chi connectivity index (χ0n) is 16.2. The first-order chi connectivity index (χ1) is 12.8. The second kappa shape index (κ2) is 11.3. The van der Waals surface area contributed by atoms with Crippen molar-refractivity contribution in [2.45, 2.75) is 32.3 Å². The summed E-state index contributed by atoms with van der Waals surface area (Å²) >= 11 is 0. The summed E-state index contributed by atoms with van der Waals surface area (Å²) in [5.41, 5.74) is 2.30. The molecule has 3 rings (SSSR count). The highest BCUT2D eigenvalue weighted by molar-refractivity contribution is 14.0. The minimum absolute atomic E-state index is 0. The number of rotatable bonds is 6. The van der Waals surface area contributed by atoms with Crippen molar-refractivity contribution in [3.63, 3.8) is 0 Å². The molecule has 0 atom stereocenters. The second-order valence-electron chi connectivity index (χ2n) is 6.49. The maximum atomic E-state index is 5.73. The van der Waals surface area contributed by atoms with Gasteiger partial charge in [-0.25, -0.2) is 4.68 Å². The van der Waals surface area contributed by atoms with E-state index in [1.165, 1.54) is 5.56 Å². The van der Waals surface area contributed by atoms with Crippen LogP contribution < -0.4 is 5.32 Å². The van der Waals surface area contributed by atoms with E-state index in [0.717, 1.165) is 57.2 Å². The van der Waals surface area contributed by atoms with E-state index in [-0.39, 0.29) is 24.0 Å². The Morgan fingerprint density at radius 2 is 2.00 bits per heavy atom. The van der Waals surface area contributed by atoms with Crippen molar-refractivity contribution >= 4 is 29.9 Å². The Bertz CT molecular complexity index is 695. The fourth-order valence-corrected chi connectivity index (χ4v) is 3.33. The highest BCUT2D eigenvalue weighted by Gasteiger charge is 2.21. The number of para-hydroxylation sites is 1. The maximum absolute atomic E-state index is 5.73. The number of guanidine groups is 1. The Morgan fingerprint density at radius 3 is 2.67 bits per heavy atom. The fraction of sp³-hybridized carbons (Fsp3) is 0.500. The maximum Gasteiger partial charge on any atom is 0.193 e. The molecule has 0 bridgehead atoms. The number of piperidine rings is 1. The Morgan fingerprint density at radius 1 is 1.26 bits per heavy atom. The van der Waals surface area contributed by atoms with Crippen molar-refractivity contribution in [2.24, 2.45) is 4.99 Å². The van der Waals surface area contributed by atoms with Crippen LogP contribution in [0.5, 0.6) is 0 Å². The predicted molar refractivity (Wildman–Crippen MR) is 120 cm³/mol. The van der Waals surface area contributed by atoms with E-state index in [1.54, 1.807) is 0 Å². The number of likely N-dealkylation sites (tertiary alicyclic amines) is 1. The van der Waals surface area contributed by atoms with Gasteiger partial charge < -0.3 is 15.0 Å². The van der Waals surface area contributed by atoms with Crippen LogP contribution >= 0.6 is 24.0 Å². The molecule has 0 spiro atoms. The van der Waals surface area contributed by atoms with E-state index in [9.17, 15) is 0 Å². The molecule has 0 unspecified atom stereocenters. The minimum atomic E-state index is 0. The van der Waals surface area contributed by atoms with Gasteiger partial charge in [0.15, 0.2) is 5.96 Å². The van der Waals surface area contributed by atoms with Gasteiger partial charge in [0.1, 0.15) is 0 Å². The number of benzene rings is 1. The molecule has 1 fully saturated rings. The molecule has 0 aliphatic carbocycles. The lowest BCUT2D eigenvalue weighted by atomic mass is 10.1. The number of ether oxygens (including phenoxy) is 1. The van der Waals surface area contributed by atoms with E-state index in [1.807, 2.05) is 36.1 Å². The SMILES string of the molecule is CCOC1CCN(C(=NC)NCCc2cnn(-c3ccccc3)c2)CC1.I. The van der Waals surface area contributed by atoms with Crippen molar-refractivity contribution in [1.29, 1.82) is 0 Å². The Balaban J connectivity index is 0.00000261. The summed E-state index contributed by atoms with van der Waals surface area (Å²) in [6.45, 7) is 5.70. The van der Waals surface area contributed by atoms with Gasteiger partial charge in [-0.05, 0) is 43.9 Å². The van der Waals surface area contributed by atoms with Gasteiger partial charge in [-0.15, -0.1) is 24.0 Å². The molecule has 1 aromatic heterocycles. The zero-order chi connectivity index (χ0) is 18.2. The van der Waals surface area contributed by atoms with Crippen LogP contribution in [-0.2, 0) is 11.2 Å². The lowest BCUT2D eigenvalue weighted by Crippen LogP contribution is -2.47. The quantitative estimate of drug-likeness (QED) is 0.390. The van der Waals surface area contributed by atoms with Crippen molar-refractivity contribution in [3.8, 4) is 5.69 Å². The normalized spacial score (nSPS) is 15.5. The van der Waals surface area contributed by atoms with Crippen LogP contribution in [0.4, 0.5) is 0 Å². The van der Waals surface area contributed by atoms with E-state index in [4.69, 9.17) is 4.74 Å². The molecular formula is C20H30IN5O. The number of halogens is 1. The molecule has 148 valence electrons. The third kappa shape index (κ3) is 6.21. The molecular weight excluding hydrogens is 453 g/mol. The topological polar surface area (TPSA) is 54.7 Å². The number of nitrogens with one attached hydrogen (secondary N) is 1. The van der Waals surface area contributed by atoms with Crippen LogP contribution in [0.2, 0.25) is 0 Å². The molecule has 2 aromatic rings. The standard InChI is InChI=1S/C20H29N5O.HI/c1-3-26-19-10-13-24(14-11-19)20(21-2)22-12-9-17-15-23-25(16-17)18-7-5-4-6-8-18;/h4-8,15-16,19H,3,9-14H2,1-2H3,(H,21,22);1H. The summed E-state index contributed by atoms with van der Waals surface area (Å²) in [4.78, 5) is 6.76. The number of aromatic nitrogens is 2. The van der Waals surface area contributed by atoms with Crippen molar-refractivity contribution < 1.29 is 4.74 Å². The van der Waals surface area contributed by atoms with Crippen LogP contribution in [0.15, 0.2) is 47.7 Å². The lowest BCUT2D eigenvalue weighted by Gasteiger charge is -2.34. The van der Waals surface area contributed by atoms with Crippen molar-refractivity contribution in [3.05, 3.63) is 48.3 Å². The molecule has 1 aliphatic rings. The Labute approximate surface area is 179 Å². The predicted octanol–water partition coefficient (Wildman–Crippen LogP) is 3.11. The van der Waals surface area contributed by atoms with E-state index in [0.29, 0.717) is 6.10 Å². The van der Waals surface area contributed by atoms with E-state index >= 15 is 0 Å². The zero-order valence-corrected chi connectivity index (χ0v) is 18.5. The minimum Gasteiger partial charge on any atom is -0.378 e. The van der Waals surface area contributed by atoms with Crippen LogP contribution in [-0.4, -0.2) is 60.0 Å². The molecule has 6 nitrogen and oxygen atoms in total.